The Bertz CT molecular complexity index is 627. The third kappa shape index (κ3) is 3.24. The first-order chi connectivity index (χ1) is 9.13. The van der Waals surface area contributed by atoms with Gasteiger partial charge in [0.2, 0.25) is 0 Å². The molecule has 0 spiro atoms. The maximum atomic E-state index is 3.90. The van der Waals surface area contributed by atoms with Gasteiger partial charge in [-0.25, -0.2) is 0 Å². The molecule has 0 fully saturated rings. The molecule has 0 radical (unpaired) electrons. The smallest absolute Gasteiger partial charge is 0.121 e. The maximum absolute atomic E-state index is 3.90. The molecule has 1 heteroatoms. The number of rotatable bonds is 2. The zero-order valence-electron chi connectivity index (χ0n) is 11.5. The van der Waals surface area contributed by atoms with Gasteiger partial charge in [-0.05, 0) is 22.9 Å². The summed E-state index contributed by atoms with van der Waals surface area (Å²) in [6.07, 6.45) is 1.92. The van der Waals surface area contributed by atoms with E-state index in [9.17, 15) is 0 Å². The van der Waals surface area contributed by atoms with Gasteiger partial charge in [0.1, 0.15) is 0 Å². The first-order valence-electron chi connectivity index (χ1n) is 6.43. The third-order valence-corrected chi connectivity index (χ3v) is 5.70. The molecule has 19 heavy (non-hydrogen) atoms. The van der Waals surface area contributed by atoms with E-state index in [0.29, 0.717) is 0 Å². The third-order valence-electron chi connectivity index (χ3n) is 3.15. The lowest BCUT2D eigenvalue weighted by atomic mass is 10.2. The van der Waals surface area contributed by atoms with Gasteiger partial charge in [-0.1, -0.05) is 74.1 Å². The van der Waals surface area contributed by atoms with E-state index in [1.54, 1.807) is 0 Å². The summed E-state index contributed by atoms with van der Waals surface area (Å²) in [6, 6.07) is 18.6. The molecule has 0 nitrogen and oxygen atoms in total. The van der Waals surface area contributed by atoms with Crippen molar-refractivity contribution in [1.29, 1.82) is 0 Å². The predicted octanol–water partition coefficient (Wildman–Crippen LogP) is 3.84. The van der Waals surface area contributed by atoms with Crippen molar-refractivity contribution < 1.29 is 0 Å². The lowest BCUT2D eigenvalue weighted by Crippen LogP contribution is -2.41. The van der Waals surface area contributed by atoms with Crippen LogP contribution in [0.4, 0.5) is 0 Å². The molecule has 0 bridgehead atoms. The zero-order valence-corrected chi connectivity index (χ0v) is 12.5. The summed E-state index contributed by atoms with van der Waals surface area (Å²) in [5.41, 5.74) is 5.80. The van der Waals surface area contributed by atoms with Crippen LogP contribution in [0.3, 0.4) is 0 Å². The predicted molar refractivity (Wildman–Crippen MR) is 87.0 cm³/mol. The minimum atomic E-state index is -1.76. The summed E-state index contributed by atoms with van der Waals surface area (Å²) in [7, 11) is -1.76. The fourth-order valence-corrected chi connectivity index (χ4v) is 4.07. The van der Waals surface area contributed by atoms with Gasteiger partial charge in [-0.2, -0.15) is 0 Å². The molecule has 0 aliphatic rings. The highest BCUT2D eigenvalue weighted by Crippen LogP contribution is 2.08. The minimum absolute atomic E-state index is 1.08. The highest BCUT2D eigenvalue weighted by Gasteiger charge is 2.22. The van der Waals surface area contributed by atoms with Crippen molar-refractivity contribution in [3.63, 3.8) is 0 Å². The Morgan fingerprint density at radius 1 is 0.947 bits per heavy atom. The van der Waals surface area contributed by atoms with Gasteiger partial charge in [-0.15, -0.1) is 5.54 Å². The molecule has 0 saturated carbocycles. The van der Waals surface area contributed by atoms with Gasteiger partial charge in [0, 0.05) is 5.56 Å². The van der Waals surface area contributed by atoms with E-state index in [1.807, 2.05) is 24.3 Å². The largest absolute Gasteiger partial charge is 0.163 e. The van der Waals surface area contributed by atoms with Crippen molar-refractivity contribution in [3.05, 3.63) is 72.3 Å². The molecule has 0 aliphatic carbocycles. The number of hydrogen-bond donors (Lipinski definition) is 0. The lowest BCUT2D eigenvalue weighted by Gasteiger charge is -2.18. The van der Waals surface area contributed by atoms with E-state index in [1.165, 1.54) is 10.8 Å². The fraction of sp³-hybridized carbons (Fsp3) is 0.111. The van der Waals surface area contributed by atoms with Gasteiger partial charge in [0.05, 0.1) is 0 Å². The normalized spacial score (nSPS) is 10.4. The van der Waals surface area contributed by atoms with E-state index in [4.69, 9.17) is 0 Å². The molecular formula is C18H18Si. The second-order valence-corrected chi connectivity index (χ2v) is 9.07. The Balaban J connectivity index is 2.38. The molecular weight excluding hydrogens is 244 g/mol. The van der Waals surface area contributed by atoms with E-state index in [0.717, 1.165) is 5.56 Å². The summed E-state index contributed by atoms with van der Waals surface area (Å²) < 4.78 is 0. The van der Waals surface area contributed by atoms with Gasteiger partial charge in [-0.3, -0.25) is 0 Å². The van der Waals surface area contributed by atoms with Gasteiger partial charge >= 0.3 is 0 Å². The molecule has 2 rings (SSSR count). The van der Waals surface area contributed by atoms with Crippen LogP contribution in [0.25, 0.3) is 6.08 Å². The van der Waals surface area contributed by atoms with E-state index in [2.05, 4.69) is 67.5 Å². The van der Waals surface area contributed by atoms with Crippen LogP contribution >= 0.6 is 0 Å². The molecule has 94 valence electrons. The minimum Gasteiger partial charge on any atom is -0.121 e. The summed E-state index contributed by atoms with van der Waals surface area (Å²) in [5, 5.41) is 1.36. The van der Waals surface area contributed by atoms with E-state index in [-0.39, 0.29) is 0 Å². The quantitative estimate of drug-likeness (QED) is 0.570. The van der Waals surface area contributed by atoms with Crippen LogP contribution in [0.5, 0.6) is 0 Å². The first-order valence-corrected chi connectivity index (χ1v) is 9.43. The van der Waals surface area contributed by atoms with Crippen LogP contribution in [0.15, 0.2) is 61.2 Å². The van der Waals surface area contributed by atoms with Gasteiger partial charge < -0.3 is 0 Å². The van der Waals surface area contributed by atoms with E-state index < -0.39 is 8.07 Å². The van der Waals surface area contributed by atoms with Crippen molar-refractivity contribution in [2.45, 2.75) is 13.1 Å². The highest BCUT2D eigenvalue weighted by atomic mass is 28.3. The second kappa shape index (κ2) is 5.73. The second-order valence-electron chi connectivity index (χ2n) is 5.03. The van der Waals surface area contributed by atoms with E-state index >= 15 is 0 Å². The summed E-state index contributed by atoms with van der Waals surface area (Å²) >= 11 is 0. The average Bonchev–Trinajstić information content (AvgIpc) is 2.46. The van der Waals surface area contributed by atoms with Crippen LogP contribution < -0.4 is 5.19 Å². The Morgan fingerprint density at radius 3 is 2.26 bits per heavy atom. The summed E-state index contributed by atoms with van der Waals surface area (Å²) in [4.78, 5) is 0. The Morgan fingerprint density at radius 2 is 1.58 bits per heavy atom. The number of benzene rings is 2. The molecule has 0 aliphatic heterocycles. The van der Waals surface area contributed by atoms with Crippen LogP contribution in [0.1, 0.15) is 11.1 Å². The number of hydrogen-bond acceptors (Lipinski definition) is 0. The molecule has 0 heterocycles. The summed E-state index contributed by atoms with van der Waals surface area (Å²) in [6.45, 7) is 8.46. The highest BCUT2D eigenvalue weighted by molar-refractivity contribution is 6.96. The van der Waals surface area contributed by atoms with Crippen LogP contribution in [0.2, 0.25) is 13.1 Å². The molecule has 2 aromatic carbocycles. The van der Waals surface area contributed by atoms with Crippen molar-refractivity contribution in [3.8, 4) is 11.5 Å². The molecule has 0 saturated heterocycles. The fourth-order valence-electron chi connectivity index (χ4n) is 2.06. The van der Waals surface area contributed by atoms with Crippen molar-refractivity contribution in [2.24, 2.45) is 0 Å². The van der Waals surface area contributed by atoms with Crippen molar-refractivity contribution >= 4 is 19.3 Å². The Kier molecular flexibility index (Phi) is 4.04. The van der Waals surface area contributed by atoms with Crippen LogP contribution in [0, 0.1) is 11.5 Å². The Labute approximate surface area is 116 Å². The van der Waals surface area contributed by atoms with Crippen molar-refractivity contribution in [2.75, 3.05) is 0 Å². The molecule has 0 atom stereocenters. The maximum Gasteiger partial charge on any atom is 0.163 e. The van der Waals surface area contributed by atoms with Crippen LogP contribution in [-0.4, -0.2) is 8.07 Å². The first kappa shape index (κ1) is 13.4. The lowest BCUT2D eigenvalue weighted by molar-refractivity contribution is 1.65. The van der Waals surface area contributed by atoms with Gasteiger partial charge in [0.25, 0.3) is 0 Å². The topological polar surface area (TPSA) is 0 Å². The standard InChI is InChI=1S/C18H18Si/c1-4-17-12-8-9-13-18(17)19(2,3)15-14-16-10-6-5-7-11-16/h4-13H,1H2,2-3H3. The SMILES string of the molecule is C=Cc1ccccc1[Si](C)(C)C#Cc1ccccc1. The molecule has 0 aromatic heterocycles. The van der Waals surface area contributed by atoms with Crippen molar-refractivity contribution in [1.82, 2.24) is 0 Å². The molecule has 0 amide bonds. The molecule has 2 aromatic rings. The monoisotopic (exact) mass is 262 g/mol. The van der Waals surface area contributed by atoms with Crippen LogP contribution in [-0.2, 0) is 0 Å². The van der Waals surface area contributed by atoms with Gasteiger partial charge in [0.15, 0.2) is 8.07 Å². The average molecular weight is 262 g/mol. The Hall–Kier alpha value is -2.04. The molecule has 0 unspecified atom stereocenters. The molecule has 0 N–H and O–H groups in total. The zero-order chi connectivity index (χ0) is 13.7. The summed E-state index contributed by atoms with van der Waals surface area (Å²) in [5.74, 6) is 3.31.